The van der Waals surface area contributed by atoms with E-state index in [1.807, 2.05) is 0 Å². The van der Waals surface area contributed by atoms with Gasteiger partial charge in [-0.3, -0.25) is 15.2 Å². The van der Waals surface area contributed by atoms with E-state index in [0.717, 1.165) is 11.3 Å². The number of halogens is 4. The second kappa shape index (κ2) is 6.97. The monoisotopic (exact) mass is 414 g/mol. The van der Waals surface area contributed by atoms with Crippen molar-refractivity contribution in [3.05, 3.63) is 46.2 Å². The zero-order valence-electron chi connectivity index (χ0n) is 14.7. The van der Waals surface area contributed by atoms with Crippen LogP contribution >= 0.6 is 11.6 Å². The maximum absolute atomic E-state index is 13.0. The molecule has 3 N–H and O–H groups in total. The van der Waals surface area contributed by atoms with Crippen LogP contribution in [0.4, 0.5) is 13.2 Å². The topological polar surface area (TPSA) is 79.0 Å². The van der Waals surface area contributed by atoms with Gasteiger partial charge in [0.25, 0.3) is 5.91 Å². The van der Waals surface area contributed by atoms with Gasteiger partial charge >= 0.3 is 6.18 Å². The summed E-state index contributed by atoms with van der Waals surface area (Å²) < 4.78 is 44.5. The molecule has 0 bridgehead atoms. The molecule has 1 saturated carbocycles. The molecule has 2 heterocycles. The van der Waals surface area contributed by atoms with E-state index in [4.69, 9.17) is 16.3 Å². The molecule has 1 atom stereocenters. The van der Waals surface area contributed by atoms with Gasteiger partial charge in [-0.05, 0) is 49.1 Å². The smallest absolute Gasteiger partial charge is 0.406 e. The van der Waals surface area contributed by atoms with E-state index in [2.05, 4.69) is 20.8 Å². The third kappa shape index (κ3) is 3.81. The molecule has 1 aliphatic carbocycles. The lowest BCUT2D eigenvalue weighted by molar-refractivity contribution is -0.166. The van der Waals surface area contributed by atoms with Crippen LogP contribution in [0, 0.1) is 0 Å². The lowest BCUT2D eigenvalue weighted by atomic mass is 10.0. The number of amides is 1. The largest absolute Gasteiger partial charge is 0.491 e. The van der Waals surface area contributed by atoms with Crippen LogP contribution in [0.15, 0.2) is 24.3 Å². The van der Waals surface area contributed by atoms with Crippen LogP contribution in [0.3, 0.4) is 0 Å². The second-order valence-corrected chi connectivity index (χ2v) is 7.59. The number of nitrogens with zero attached hydrogens (tertiary/aromatic N) is 1. The van der Waals surface area contributed by atoms with Crippen molar-refractivity contribution in [1.82, 2.24) is 20.8 Å². The lowest BCUT2D eigenvalue weighted by Gasteiger charge is -2.26. The maximum Gasteiger partial charge on any atom is 0.406 e. The van der Waals surface area contributed by atoms with Gasteiger partial charge in [0.1, 0.15) is 23.6 Å². The van der Waals surface area contributed by atoms with Gasteiger partial charge in [0.05, 0.1) is 6.04 Å². The number of benzene rings is 1. The maximum atomic E-state index is 13.0. The summed E-state index contributed by atoms with van der Waals surface area (Å²) in [7, 11) is 0. The number of hydrogen-bond acceptors (Lipinski definition) is 4. The number of aromatic amines is 1. The number of nitrogens with one attached hydrogen (secondary N) is 3. The molecule has 0 spiro atoms. The fourth-order valence-electron chi connectivity index (χ4n) is 3.23. The van der Waals surface area contributed by atoms with Gasteiger partial charge in [-0.1, -0.05) is 11.6 Å². The molecule has 6 nitrogen and oxygen atoms in total. The fourth-order valence-corrected chi connectivity index (χ4v) is 3.43. The van der Waals surface area contributed by atoms with Crippen molar-refractivity contribution >= 4 is 17.5 Å². The Morgan fingerprint density at radius 3 is 2.86 bits per heavy atom. The van der Waals surface area contributed by atoms with Crippen molar-refractivity contribution in [3.8, 4) is 5.75 Å². The molecule has 0 saturated heterocycles. The zero-order valence-corrected chi connectivity index (χ0v) is 15.5. The summed E-state index contributed by atoms with van der Waals surface area (Å²) in [5, 5.41) is 12.4. The Hall–Kier alpha value is -2.26. The van der Waals surface area contributed by atoms with E-state index in [1.165, 1.54) is 6.07 Å². The highest BCUT2D eigenvalue weighted by Gasteiger charge is 2.62. The summed E-state index contributed by atoms with van der Waals surface area (Å²) in [4.78, 5) is 12.4. The van der Waals surface area contributed by atoms with Crippen LogP contribution < -0.4 is 15.4 Å². The zero-order chi connectivity index (χ0) is 19.9. The van der Waals surface area contributed by atoms with Crippen molar-refractivity contribution in [2.45, 2.75) is 43.6 Å². The Morgan fingerprint density at radius 2 is 2.14 bits per heavy atom. The molecule has 10 heteroatoms. The first-order chi connectivity index (χ1) is 13.3. The molecule has 2 aromatic rings. The van der Waals surface area contributed by atoms with Crippen molar-refractivity contribution in [2.75, 3.05) is 6.61 Å². The highest BCUT2D eigenvalue weighted by Crippen LogP contribution is 2.49. The minimum absolute atomic E-state index is 0.0434. The Balaban J connectivity index is 1.34. The normalized spacial score (nSPS) is 20.2. The number of ether oxygens (including phenoxy) is 1. The van der Waals surface area contributed by atoms with Crippen LogP contribution in [-0.4, -0.2) is 40.5 Å². The molecular formula is C18H18ClF3N4O2. The number of hydrogen-bond donors (Lipinski definition) is 3. The number of rotatable bonds is 5. The molecule has 150 valence electrons. The molecule has 1 aromatic carbocycles. The first kappa shape index (κ1) is 19.1. The van der Waals surface area contributed by atoms with Crippen LogP contribution in [0.5, 0.6) is 5.75 Å². The van der Waals surface area contributed by atoms with Gasteiger partial charge in [-0.25, -0.2) is 0 Å². The van der Waals surface area contributed by atoms with Gasteiger partial charge in [0, 0.05) is 17.3 Å². The Labute approximate surface area is 163 Å². The molecule has 4 rings (SSSR count). The summed E-state index contributed by atoms with van der Waals surface area (Å²) in [5.74, 6) is 0.320. The molecular weight excluding hydrogens is 397 g/mol. The van der Waals surface area contributed by atoms with Gasteiger partial charge in [-0.15, -0.1) is 0 Å². The van der Waals surface area contributed by atoms with Crippen LogP contribution in [0.25, 0.3) is 0 Å². The first-order valence-electron chi connectivity index (χ1n) is 8.84. The van der Waals surface area contributed by atoms with Crippen molar-refractivity contribution < 1.29 is 22.7 Å². The molecule has 1 fully saturated rings. The van der Waals surface area contributed by atoms with E-state index in [0.29, 0.717) is 23.7 Å². The average molecular weight is 415 g/mol. The number of carbonyl (C=O) groups is 1. The highest BCUT2D eigenvalue weighted by molar-refractivity contribution is 6.30. The second-order valence-electron chi connectivity index (χ2n) is 7.15. The van der Waals surface area contributed by atoms with Crippen molar-refractivity contribution in [1.29, 1.82) is 0 Å². The van der Waals surface area contributed by atoms with Gasteiger partial charge < -0.3 is 10.1 Å². The van der Waals surface area contributed by atoms with E-state index in [1.54, 1.807) is 18.2 Å². The third-order valence-electron chi connectivity index (χ3n) is 5.04. The number of H-pyrrole nitrogens is 1. The Morgan fingerprint density at radius 1 is 1.36 bits per heavy atom. The van der Waals surface area contributed by atoms with Gasteiger partial charge in [0.2, 0.25) is 0 Å². The minimum atomic E-state index is -4.28. The molecule has 2 aliphatic rings. The number of alkyl halides is 3. The summed E-state index contributed by atoms with van der Waals surface area (Å²) in [6.45, 7) is 0.269. The minimum Gasteiger partial charge on any atom is -0.491 e. The summed E-state index contributed by atoms with van der Waals surface area (Å²) in [6, 6.07) is 6.52. The van der Waals surface area contributed by atoms with E-state index < -0.39 is 17.6 Å². The summed E-state index contributed by atoms with van der Waals surface area (Å²) in [5.41, 5.74) is -0.379. The number of fused-ring (bicyclic) bond motifs is 1. The van der Waals surface area contributed by atoms with Gasteiger partial charge in [-0.2, -0.15) is 18.3 Å². The summed E-state index contributed by atoms with van der Waals surface area (Å²) in [6.07, 6.45) is -3.60. The molecule has 1 unspecified atom stereocenters. The van der Waals surface area contributed by atoms with Crippen molar-refractivity contribution in [2.24, 2.45) is 0 Å². The van der Waals surface area contributed by atoms with E-state index >= 15 is 0 Å². The van der Waals surface area contributed by atoms with Crippen LogP contribution in [0.2, 0.25) is 5.02 Å². The first-order valence-corrected chi connectivity index (χ1v) is 9.22. The molecule has 0 radical (unpaired) electrons. The molecule has 1 aliphatic heterocycles. The van der Waals surface area contributed by atoms with E-state index in [9.17, 15) is 18.0 Å². The van der Waals surface area contributed by atoms with Crippen LogP contribution in [-0.2, 0) is 13.0 Å². The Kier molecular flexibility index (Phi) is 4.75. The predicted octanol–water partition coefficient (Wildman–Crippen LogP) is 2.98. The average Bonchev–Trinajstić information content (AvgIpc) is 3.30. The Bertz CT molecular complexity index is 895. The predicted molar refractivity (Wildman–Crippen MR) is 95.4 cm³/mol. The number of aromatic nitrogens is 2. The standard InChI is InChI=1S/C18H18ClF3N4O2/c19-11-1-2-15-10(5-11)6-13(9-28-15)24-16(27)14-7-12(25-26-14)8-23-17(3-4-17)18(20,21)22/h1-2,5,7,13,23H,3-4,6,8-9H2,(H,24,27)(H,25,26). The fraction of sp³-hybridized carbons (Fsp3) is 0.444. The number of carbonyl (C=O) groups excluding carboxylic acids is 1. The van der Waals surface area contributed by atoms with Gasteiger partial charge in [0.15, 0.2) is 0 Å². The summed E-state index contributed by atoms with van der Waals surface area (Å²) >= 11 is 5.99. The van der Waals surface area contributed by atoms with Crippen LogP contribution in [0.1, 0.15) is 34.6 Å². The molecule has 1 aromatic heterocycles. The lowest BCUT2D eigenvalue weighted by Crippen LogP contribution is -2.44. The molecule has 1 amide bonds. The van der Waals surface area contributed by atoms with E-state index in [-0.39, 0.29) is 31.1 Å². The van der Waals surface area contributed by atoms with Crippen molar-refractivity contribution in [3.63, 3.8) is 0 Å². The highest BCUT2D eigenvalue weighted by atomic mass is 35.5. The SMILES string of the molecule is O=C(NC1COc2ccc(Cl)cc2C1)c1cc(CNC2(C(F)(F)F)CC2)[nH]n1. The quantitative estimate of drug-likeness (QED) is 0.703. The third-order valence-corrected chi connectivity index (χ3v) is 5.27. The molecule has 28 heavy (non-hydrogen) atoms.